The third-order valence-electron chi connectivity index (χ3n) is 7.07. The number of carboxylic acid groups (broad SMARTS) is 2. The van der Waals surface area contributed by atoms with Crippen molar-refractivity contribution in [2.24, 2.45) is 23.9 Å². The number of carbonyl (C=O) groups excluding carboxylic acids is 2. The van der Waals surface area contributed by atoms with E-state index in [1.54, 1.807) is 61.7 Å². The number of benzene rings is 2. The second-order valence-electron chi connectivity index (χ2n) is 10.0. The number of hydrogen-bond donors (Lipinski definition) is 4. The van der Waals surface area contributed by atoms with Gasteiger partial charge in [0.2, 0.25) is 0 Å². The summed E-state index contributed by atoms with van der Waals surface area (Å²) >= 11 is 0. The summed E-state index contributed by atoms with van der Waals surface area (Å²) in [5, 5.41) is 24.9. The Balaban J connectivity index is 1.44. The molecule has 13 nitrogen and oxygen atoms in total. The Bertz CT molecular complexity index is 1730. The number of carboxylic acids is 2. The van der Waals surface area contributed by atoms with Gasteiger partial charge in [-0.3, -0.25) is 19.4 Å². The van der Waals surface area contributed by atoms with Crippen molar-refractivity contribution < 1.29 is 34.2 Å². The van der Waals surface area contributed by atoms with E-state index in [0.29, 0.717) is 40.9 Å². The van der Waals surface area contributed by atoms with Crippen LogP contribution in [0.5, 0.6) is 0 Å². The lowest BCUT2D eigenvalue weighted by Gasteiger charge is -2.12. The average Bonchev–Trinajstić information content (AvgIpc) is 3.34. The van der Waals surface area contributed by atoms with Gasteiger partial charge >= 0.3 is 17.9 Å². The average molecular weight is 601 g/mol. The quantitative estimate of drug-likeness (QED) is 0.0543. The van der Waals surface area contributed by atoms with Crippen molar-refractivity contribution >= 4 is 46.2 Å². The van der Waals surface area contributed by atoms with E-state index in [9.17, 15) is 24.3 Å². The lowest BCUT2D eigenvalue weighted by molar-refractivity contribution is -0.147. The molecule has 0 aliphatic rings. The Labute approximate surface area is 252 Å². The van der Waals surface area contributed by atoms with Gasteiger partial charge in [-0.15, -0.1) is 0 Å². The van der Waals surface area contributed by atoms with Gasteiger partial charge in [-0.2, -0.15) is 0 Å². The first-order valence-electron chi connectivity index (χ1n) is 13.8. The van der Waals surface area contributed by atoms with Gasteiger partial charge in [-0.25, -0.2) is 9.78 Å². The first-order valence-corrected chi connectivity index (χ1v) is 13.8. The molecule has 0 aliphatic heterocycles. The van der Waals surface area contributed by atoms with Crippen LogP contribution in [0.15, 0.2) is 65.9 Å². The van der Waals surface area contributed by atoms with Crippen molar-refractivity contribution in [2.45, 2.75) is 39.2 Å². The minimum absolute atomic E-state index is 0.0357. The third-order valence-corrected chi connectivity index (χ3v) is 7.07. The number of fused-ring (bicyclic) bond motifs is 1. The van der Waals surface area contributed by atoms with E-state index in [2.05, 4.69) is 20.3 Å². The van der Waals surface area contributed by atoms with Crippen LogP contribution in [0.1, 0.15) is 59.2 Å². The predicted molar refractivity (Wildman–Crippen MR) is 161 cm³/mol. The second-order valence-corrected chi connectivity index (χ2v) is 10.0. The van der Waals surface area contributed by atoms with Gasteiger partial charge in [0.25, 0.3) is 0 Å². The van der Waals surface area contributed by atoms with Crippen LogP contribution in [-0.2, 0) is 39.2 Å². The van der Waals surface area contributed by atoms with Crippen molar-refractivity contribution in [1.29, 1.82) is 0 Å². The fraction of sp³-hybridized carbons (Fsp3) is 0.258. The van der Waals surface area contributed by atoms with Gasteiger partial charge < -0.3 is 30.7 Å². The van der Waals surface area contributed by atoms with Crippen LogP contribution in [0, 0.1) is 5.92 Å². The number of rotatable bonds is 14. The molecule has 1 atom stereocenters. The number of nitrogens with one attached hydrogen (secondary N) is 1. The Kier molecular flexibility index (Phi) is 10.0. The lowest BCUT2D eigenvalue weighted by Crippen LogP contribution is -2.18. The minimum atomic E-state index is -1.11. The summed E-state index contributed by atoms with van der Waals surface area (Å²) in [4.78, 5) is 60.8. The highest BCUT2D eigenvalue weighted by molar-refractivity contribution is 6.11. The summed E-state index contributed by atoms with van der Waals surface area (Å²) in [5.74, 6) is -3.03. The monoisotopic (exact) mass is 600 g/mol. The molecule has 1 unspecified atom stereocenters. The summed E-state index contributed by atoms with van der Waals surface area (Å²) in [7, 11) is 1.88. The normalized spacial score (nSPS) is 12.1. The third kappa shape index (κ3) is 7.62. The Morgan fingerprint density at radius 3 is 2.45 bits per heavy atom. The lowest BCUT2D eigenvalue weighted by atomic mass is 9.94. The maximum absolute atomic E-state index is 13.5. The maximum Gasteiger partial charge on any atom is 0.335 e. The van der Waals surface area contributed by atoms with Crippen LogP contribution >= 0.6 is 0 Å². The van der Waals surface area contributed by atoms with E-state index < -0.39 is 23.8 Å². The molecule has 13 heteroatoms. The zero-order valence-electron chi connectivity index (χ0n) is 24.2. The highest BCUT2D eigenvalue weighted by Gasteiger charge is 2.22. The van der Waals surface area contributed by atoms with E-state index in [-0.39, 0.29) is 30.9 Å². The molecule has 0 radical (unpaired) electrons. The van der Waals surface area contributed by atoms with Crippen LogP contribution < -0.4 is 11.1 Å². The number of oxime groups is 1. The van der Waals surface area contributed by atoms with Crippen molar-refractivity contribution in [3.8, 4) is 0 Å². The molecule has 4 rings (SSSR count). The van der Waals surface area contributed by atoms with Crippen LogP contribution in [-0.4, -0.2) is 54.3 Å². The number of pyridine rings is 1. The van der Waals surface area contributed by atoms with Gasteiger partial charge in [-0.1, -0.05) is 12.1 Å². The van der Waals surface area contributed by atoms with Gasteiger partial charge in [0.1, 0.15) is 5.82 Å². The molecule has 2 aromatic heterocycles. The summed E-state index contributed by atoms with van der Waals surface area (Å²) in [5.41, 5.74) is 9.85. The van der Waals surface area contributed by atoms with E-state index in [4.69, 9.17) is 15.8 Å². The topological polar surface area (TPSA) is 199 Å². The van der Waals surface area contributed by atoms with Gasteiger partial charge in [0.05, 0.1) is 42.0 Å². The van der Waals surface area contributed by atoms with E-state index >= 15 is 0 Å². The standard InChI is InChI=1S/C31H32N6O7/c1-3-18(31(42)43)15-23-22(5-4-14-33-23)29(41)20-8-11-25-24(16-20)35-26(37(25)2)17-34-21-9-6-19(7-10-21)30(32)36-44-28(40)13-12-27(38)39/h4-11,14,16,18,34H,3,12-13,15,17H2,1-2H3,(H2,32,36)(H,38,39)(H,42,43). The molecular weight excluding hydrogens is 568 g/mol. The number of anilines is 1. The second kappa shape index (κ2) is 14.1. The number of aromatic nitrogens is 3. The van der Waals surface area contributed by atoms with Crippen LogP contribution in [0.25, 0.3) is 11.0 Å². The van der Waals surface area contributed by atoms with Gasteiger partial charge in [0, 0.05) is 42.0 Å². The number of hydrogen-bond acceptors (Lipinski definition) is 9. The van der Waals surface area contributed by atoms with Crippen LogP contribution in [0.4, 0.5) is 5.69 Å². The number of carbonyl (C=O) groups is 4. The summed E-state index contributed by atoms with van der Waals surface area (Å²) in [6, 6.07) is 15.5. The van der Waals surface area contributed by atoms with E-state index in [0.717, 1.165) is 17.0 Å². The highest BCUT2D eigenvalue weighted by Crippen LogP contribution is 2.22. The Morgan fingerprint density at radius 2 is 1.77 bits per heavy atom. The Morgan fingerprint density at radius 1 is 1.05 bits per heavy atom. The molecular formula is C31H32N6O7. The Hall–Kier alpha value is -5.59. The van der Waals surface area contributed by atoms with Crippen molar-refractivity contribution in [3.05, 3.63) is 89.0 Å². The maximum atomic E-state index is 13.5. The van der Waals surface area contributed by atoms with Crippen molar-refractivity contribution in [3.63, 3.8) is 0 Å². The van der Waals surface area contributed by atoms with Gasteiger partial charge in [0.15, 0.2) is 11.6 Å². The number of amidine groups is 1. The molecule has 0 saturated carbocycles. The number of nitrogens with zero attached hydrogens (tertiary/aromatic N) is 4. The molecule has 0 saturated heterocycles. The van der Waals surface area contributed by atoms with Gasteiger partial charge in [-0.05, 0) is 61.0 Å². The summed E-state index contributed by atoms with van der Waals surface area (Å²) in [6.45, 7) is 2.17. The number of imidazole rings is 1. The molecule has 0 bridgehead atoms. The van der Waals surface area contributed by atoms with E-state index in [1.807, 2.05) is 17.7 Å². The molecule has 0 spiro atoms. The number of ketones is 1. The predicted octanol–water partition coefficient (Wildman–Crippen LogP) is 3.49. The minimum Gasteiger partial charge on any atom is -0.481 e. The molecule has 228 valence electrons. The molecule has 0 fully saturated rings. The largest absolute Gasteiger partial charge is 0.481 e. The van der Waals surface area contributed by atoms with Crippen LogP contribution in [0.2, 0.25) is 0 Å². The van der Waals surface area contributed by atoms with E-state index in [1.165, 1.54) is 0 Å². The number of aliphatic carboxylic acids is 2. The van der Waals surface area contributed by atoms with Crippen molar-refractivity contribution in [2.75, 3.05) is 5.32 Å². The number of aryl methyl sites for hydroxylation is 1. The van der Waals surface area contributed by atoms with Crippen molar-refractivity contribution in [1.82, 2.24) is 14.5 Å². The smallest absolute Gasteiger partial charge is 0.335 e. The molecule has 44 heavy (non-hydrogen) atoms. The summed E-state index contributed by atoms with van der Waals surface area (Å²) < 4.78 is 1.92. The van der Waals surface area contributed by atoms with Crippen LogP contribution in [0.3, 0.4) is 0 Å². The first-order chi connectivity index (χ1) is 21.1. The fourth-order valence-electron chi connectivity index (χ4n) is 4.50. The molecule has 0 aliphatic carbocycles. The molecule has 2 heterocycles. The summed E-state index contributed by atoms with van der Waals surface area (Å²) in [6.07, 6.45) is 1.48. The zero-order chi connectivity index (χ0) is 31.8. The molecule has 0 amide bonds. The SMILES string of the molecule is CCC(Cc1ncccc1C(=O)c1ccc2c(c1)nc(CNc1ccc(C(N)=NOC(=O)CCC(=O)O)cc1)n2C)C(=O)O. The zero-order valence-corrected chi connectivity index (χ0v) is 24.2. The molecule has 5 N–H and O–H groups in total. The highest BCUT2D eigenvalue weighted by atomic mass is 16.7. The molecule has 4 aromatic rings. The molecule has 2 aromatic carbocycles. The number of nitrogens with two attached hydrogens (primary N) is 1. The fourth-order valence-corrected chi connectivity index (χ4v) is 4.50. The first kappa shape index (κ1) is 31.3.